The smallest absolute Gasteiger partial charge is 0.241 e. The standard InChI is InChI=1S/C15H20N4O/c1-3-19(4-2)14(20)10-18-13-8-7-12(16)15-11(13)6-5-9-17-15/h5-9,18H,3-4,10,16H2,1-2H3. The molecule has 3 N–H and O–H groups in total. The molecular formula is C15H20N4O. The molecule has 0 saturated carbocycles. The molecule has 0 aliphatic carbocycles. The van der Waals surface area contributed by atoms with Crippen LogP contribution in [0.25, 0.3) is 10.9 Å². The topological polar surface area (TPSA) is 71.2 Å². The first-order chi connectivity index (χ1) is 9.67. The fourth-order valence-corrected chi connectivity index (χ4v) is 2.21. The lowest BCUT2D eigenvalue weighted by atomic mass is 10.1. The minimum atomic E-state index is 0.0869. The molecule has 0 atom stereocenters. The highest BCUT2D eigenvalue weighted by Crippen LogP contribution is 2.26. The van der Waals surface area contributed by atoms with Crippen molar-refractivity contribution in [2.24, 2.45) is 0 Å². The Kier molecular flexibility index (Phi) is 4.40. The fourth-order valence-electron chi connectivity index (χ4n) is 2.21. The molecule has 0 bridgehead atoms. The van der Waals surface area contributed by atoms with Gasteiger partial charge in [0.1, 0.15) is 0 Å². The number of carbonyl (C=O) groups is 1. The van der Waals surface area contributed by atoms with Gasteiger partial charge in [-0.05, 0) is 38.1 Å². The van der Waals surface area contributed by atoms with Crippen molar-refractivity contribution in [2.75, 3.05) is 30.7 Å². The average Bonchev–Trinajstić information content (AvgIpc) is 2.48. The van der Waals surface area contributed by atoms with Crippen molar-refractivity contribution in [3.05, 3.63) is 30.5 Å². The van der Waals surface area contributed by atoms with Crippen molar-refractivity contribution in [1.82, 2.24) is 9.88 Å². The number of nitrogens with one attached hydrogen (secondary N) is 1. The van der Waals surface area contributed by atoms with Gasteiger partial charge < -0.3 is 16.0 Å². The quantitative estimate of drug-likeness (QED) is 0.818. The highest BCUT2D eigenvalue weighted by atomic mass is 16.2. The number of hydrogen-bond donors (Lipinski definition) is 2. The van der Waals surface area contributed by atoms with Gasteiger partial charge in [0.2, 0.25) is 5.91 Å². The number of carbonyl (C=O) groups excluding carboxylic acids is 1. The summed E-state index contributed by atoms with van der Waals surface area (Å²) in [5, 5.41) is 4.11. The number of amides is 1. The first-order valence-corrected chi connectivity index (χ1v) is 6.82. The summed E-state index contributed by atoms with van der Waals surface area (Å²) in [4.78, 5) is 18.1. The lowest BCUT2D eigenvalue weighted by Gasteiger charge is -2.19. The number of nitrogens with two attached hydrogens (primary N) is 1. The van der Waals surface area contributed by atoms with Crippen LogP contribution in [0.4, 0.5) is 11.4 Å². The summed E-state index contributed by atoms with van der Waals surface area (Å²) in [6, 6.07) is 7.50. The van der Waals surface area contributed by atoms with Gasteiger partial charge in [0.25, 0.3) is 0 Å². The van der Waals surface area contributed by atoms with E-state index in [2.05, 4.69) is 10.3 Å². The normalized spacial score (nSPS) is 10.5. The van der Waals surface area contributed by atoms with E-state index in [1.54, 1.807) is 17.2 Å². The number of fused-ring (bicyclic) bond motifs is 1. The van der Waals surface area contributed by atoms with Crippen LogP contribution in [0.3, 0.4) is 0 Å². The molecule has 106 valence electrons. The highest BCUT2D eigenvalue weighted by Gasteiger charge is 2.10. The van der Waals surface area contributed by atoms with Crippen molar-refractivity contribution in [2.45, 2.75) is 13.8 Å². The molecule has 1 aromatic heterocycles. The average molecular weight is 272 g/mol. The van der Waals surface area contributed by atoms with Crippen LogP contribution in [-0.2, 0) is 4.79 Å². The van der Waals surface area contributed by atoms with Crippen LogP contribution < -0.4 is 11.1 Å². The molecule has 2 aromatic rings. The van der Waals surface area contributed by atoms with E-state index >= 15 is 0 Å². The number of nitrogens with zero attached hydrogens (tertiary/aromatic N) is 2. The molecule has 1 heterocycles. The van der Waals surface area contributed by atoms with Crippen LogP contribution in [0, 0.1) is 0 Å². The van der Waals surface area contributed by atoms with E-state index in [0.717, 1.165) is 29.7 Å². The third kappa shape index (κ3) is 2.82. The molecule has 1 aromatic carbocycles. The van der Waals surface area contributed by atoms with Gasteiger partial charge in [-0.2, -0.15) is 0 Å². The molecule has 0 saturated heterocycles. The second-order valence-corrected chi connectivity index (χ2v) is 4.52. The van der Waals surface area contributed by atoms with Gasteiger partial charge in [0.05, 0.1) is 17.7 Å². The van der Waals surface area contributed by atoms with Gasteiger partial charge in [0.15, 0.2) is 0 Å². The van der Waals surface area contributed by atoms with E-state index < -0.39 is 0 Å². The number of hydrogen-bond acceptors (Lipinski definition) is 4. The fraction of sp³-hybridized carbons (Fsp3) is 0.333. The predicted molar refractivity (Wildman–Crippen MR) is 82.6 cm³/mol. The second-order valence-electron chi connectivity index (χ2n) is 4.52. The zero-order chi connectivity index (χ0) is 14.5. The van der Waals surface area contributed by atoms with Crippen LogP contribution >= 0.6 is 0 Å². The van der Waals surface area contributed by atoms with E-state index in [-0.39, 0.29) is 12.5 Å². The van der Waals surface area contributed by atoms with Crippen molar-refractivity contribution in [1.29, 1.82) is 0 Å². The summed E-state index contributed by atoms with van der Waals surface area (Å²) < 4.78 is 0. The highest BCUT2D eigenvalue weighted by molar-refractivity contribution is 5.99. The summed E-state index contributed by atoms with van der Waals surface area (Å²) in [5.41, 5.74) is 8.18. The lowest BCUT2D eigenvalue weighted by Crippen LogP contribution is -2.35. The molecule has 1 amide bonds. The number of likely N-dealkylation sites (N-methyl/N-ethyl adjacent to an activating group) is 1. The van der Waals surface area contributed by atoms with Crippen LogP contribution in [-0.4, -0.2) is 35.4 Å². The van der Waals surface area contributed by atoms with Crippen LogP contribution in [0.15, 0.2) is 30.5 Å². The predicted octanol–water partition coefficient (Wildman–Crippen LogP) is 2.10. The Morgan fingerprint density at radius 3 is 2.75 bits per heavy atom. The summed E-state index contributed by atoms with van der Waals surface area (Å²) in [7, 11) is 0. The summed E-state index contributed by atoms with van der Waals surface area (Å²) in [6.45, 7) is 5.67. The molecule has 5 heteroatoms. The summed E-state index contributed by atoms with van der Waals surface area (Å²) >= 11 is 0. The monoisotopic (exact) mass is 272 g/mol. The Bertz CT molecular complexity index is 608. The summed E-state index contributed by atoms with van der Waals surface area (Å²) in [6.07, 6.45) is 1.71. The first-order valence-electron chi connectivity index (χ1n) is 6.82. The molecule has 0 fully saturated rings. The molecule has 2 rings (SSSR count). The minimum absolute atomic E-state index is 0.0869. The Morgan fingerprint density at radius 2 is 2.05 bits per heavy atom. The van der Waals surface area contributed by atoms with Gasteiger partial charge in [-0.25, -0.2) is 0 Å². The van der Waals surface area contributed by atoms with Crippen molar-refractivity contribution >= 4 is 28.2 Å². The number of rotatable bonds is 5. The second kappa shape index (κ2) is 6.23. The van der Waals surface area contributed by atoms with Crippen molar-refractivity contribution in [3.63, 3.8) is 0 Å². The Labute approximate surface area is 118 Å². The minimum Gasteiger partial charge on any atom is -0.397 e. The largest absolute Gasteiger partial charge is 0.397 e. The third-order valence-electron chi connectivity index (χ3n) is 3.35. The van der Waals surface area contributed by atoms with E-state index in [1.807, 2.05) is 32.0 Å². The van der Waals surface area contributed by atoms with Crippen LogP contribution in [0.5, 0.6) is 0 Å². The molecule has 0 spiro atoms. The Balaban J connectivity index is 2.19. The molecule has 0 radical (unpaired) electrons. The maximum atomic E-state index is 12.0. The number of pyridine rings is 1. The Morgan fingerprint density at radius 1 is 1.30 bits per heavy atom. The SMILES string of the molecule is CCN(CC)C(=O)CNc1ccc(N)c2ncccc12. The van der Waals surface area contributed by atoms with Gasteiger partial charge in [-0.1, -0.05) is 0 Å². The first kappa shape index (κ1) is 14.1. The summed E-state index contributed by atoms with van der Waals surface area (Å²) in [5.74, 6) is 0.0869. The number of benzene rings is 1. The zero-order valence-corrected chi connectivity index (χ0v) is 11.9. The molecule has 0 aliphatic heterocycles. The number of aromatic nitrogens is 1. The maximum absolute atomic E-state index is 12.0. The van der Waals surface area contributed by atoms with Crippen molar-refractivity contribution in [3.8, 4) is 0 Å². The van der Waals surface area contributed by atoms with E-state index in [9.17, 15) is 4.79 Å². The lowest BCUT2D eigenvalue weighted by molar-refractivity contribution is -0.128. The number of anilines is 2. The van der Waals surface area contributed by atoms with Gasteiger partial charge in [-0.15, -0.1) is 0 Å². The Hall–Kier alpha value is -2.30. The van der Waals surface area contributed by atoms with E-state index in [4.69, 9.17) is 5.73 Å². The molecule has 5 nitrogen and oxygen atoms in total. The molecule has 0 unspecified atom stereocenters. The maximum Gasteiger partial charge on any atom is 0.241 e. The van der Waals surface area contributed by atoms with E-state index in [1.165, 1.54) is 0 Å². The van der Waals surface area contributed by atoms with Crippen molar-refractivity contribution < 1.29 is 4.79 Å². The van der Waals surface area contributed by atoms with E-state index in [0.29, 0.717) is 5.69 Å². The van der Waals surface area contributed by atoms with Gasteiger partial charge in [0, 0.05) is 30.4 Å². The molecular weight excluding hydrogens is 252 g/mol. The van der Waals surface area contributed by atoms with Gasteiger partial charge >= 0.3 is 0 Å². The number of nitrogen functional groups attached to an aromatic ring is 1. The van der Waals surface area contributed by atoms with Crippen LogP contribution in [0.2, 0.25) is 0 Å². The molecule has 0 aliphatic rings. The zero-order valence-electron chi connectivity index (χ0n) is 11.9. The molecule has 20 heavy (non-hydrogen) atoms. The third-order valence-corrected chi connectivity index (χ3v) is 3.35. The van der Waals surface area contributed by atoms with Crippen LogP contribution in [0.1, 0.15) is 13.8 Å². The van der Waals surface area contributed by atoms with Gasteiger partial charge in [-0.3, -0.25) is 9.78 Å².